The molecular formula is C14H21ClN4O. The van der Waals surface area contributed by atoms with E-state index in [4.69, 9.17) is 17.0 Å². The molecule has 0 bridgehead atoms. The van der Waals surface area contributed by atoms with Crippen molar-refractivity contribution in [1.82, 2.24) is 10.2 Å². The lowest BCUT2D eigenvalue weighted by Gasteiger charge is -2.25. The Morgan fingerprint density at radius 3 is 2.45 bits per heavy atom. The van der Waals surface area contributed by atoms with Gasteiger partial charge in [-0.25, -0.2) is 4.79 Å². The maximum atomic E-state index is 12.2. The third-order valence-electron chi connectivity index (χ3n) is 3.13. The molecule has 0 spiro atoms. The van der Waals surface area contributed by atoms with Crippen molar-refractivity contribution in [2.45, 2.75) is 20.8 Å². The van der Waals surface area contributed by atoms with Gasteiger partial charge in [0, 0.05) is 20.1 Å². The normalized spacial score (nSPS) is 10.1. The summed E-state index contributed by atoms with van der Waals surface area (Å²) in [4.78, 5) is 15.4. The van der Waals surface area contributed by atoms with Gasteiger partial charge in [-0.2, -0.15) is 0 Å². The van der Waals surface area contributed by atoms with Crippen molar-refractivity contribution in [3.63, 3.8) is 0 Å². The number of carbonyl (C=O) groups is 1. The third-order valence-corrected chi connectivity index (χ3v) is 3.44. The second kappa shape index (κ2) is 7.14. The molecule has 6 heteroatoms. The Bertz CT molecular complexity index is 480. The minimum Gasteiger partial charge on any atom is -0.343 e. The number of anilines is 1. The van der Waals surface area contributed by atoms with Crippen LogP contribution in [0.5, 0.6) is 0 Å². The molecule has 0 atom stereocenters. The summed E-state index contributed by atoms with van der Waals surface area (Å²) >= 11 is 6.14. The van der Waals surface area contributed by atoms with E-state index in [-0.39, 0.29) is 12.0 Å². The first-order valence-electron chi connectivity index (χ1n) is 6.55. The first kappa shape index (κ1) is 16.3. The number of aryl methyl sites for hydroxylation is 1. The van der Waals surface area contributed by atoms with Gasteiger partial charge in [-0.3, -0.25) is 15.6 Å². The first-order valence-corrected chi connectivity index (χ1v) is 6.93. The molecule has 0 aliphatic carbocycles. The molecule has 5 nitrogen and oxygen atoms in total. The van der Waals surface area contributed by atoms with E-state index >= 15 is 0 Å². The summed E-state index contributed by atoms with van der Waals surface area (Å²) in [6, 6.07) is 5.09. The molecule has 0 heterocycles. The van der Waals surface area contributed by atoms with Gasteiger partial charge in [0.05, 0.1) is 10.7 Å². The molecule has 0 saturated carbocycles. The van der Waals surface area contributed by atoms with Crippen LogP contribution in [0.1, 0.15) is 19.4 Å². The monoisotopic (exact) mass is 296 g/mol. The molecule has 0 aromatic heterocycles. The average molecular weight is 297 g/mol. The topological polar surface area (TPSA) is 59.4 Å². The molecule has 0 saturated heterocycles. The van der Waals surface area contributed by atoms with Gasteiger partial charge < -0.3 is 4.90 Å². The van der Waals surface area contributed by atoms with E-state index in [0.29, 0.717) is 23.8 Å². The van der Waals surface area contributed by atoms with Gasteiger partial charge in [0.2, 0.25) is 0 Å². The van der Waals surface area contributed by atoms with E-state index in [1.807, 2.05) is 32.9 Å². The maximum Gasteiger partial charge on any atom is 0.328 e. The number of rotatable bonds is 3. The molecular weight excluding hydrogens is 276 g/mol. The van der Waals surface area contributed by atoms with Crippen LogP contribution in [-0.4, -0.2) is 37.0 Å². The van der Waals surface area contributed by atoms with Crippen molar-refractivity contribution in [1.29, 1.82) is 5.41 Å². The molecule has 110 valence electrons. The highest BCUT2D eigenvalue weighted by atomic mass is 35.5. The van der Waals surface area contributed by atoms with Gasteiger partial charge in [-0.15, -0.1) is 0 Å². The molecule has 0 aliphatic rings. The minimum absolute atomic E-state index is 0.0940. The predicted octanol–water partition coefficient (Wildman–Crippen LogP) is 3.07. The summed E-state index contributed by atoms with van der Waals surface area (Å²) in [6.07, 6.45) is 0. The van der Waals surface area contributed by atoms with E-state index in [0.717, 1.165) is 5.56 Å². The molecule has 1 rings (SSSR count). The summed E-state index contributed by atoms with van der Waals surface area (Å²) in [6.45, 7) is 7.11. The summed E-state index contributed by atoms with van der Waals surface area (Å²) in [5, 5.41) is 11.0. The zero-order valence-corrected chi connectivity index (χ0v) is 13.1. The fourth-order valence-electron chi connectivity index (χ4n) is 1.95. The van der Waals surface area contributed by atoms with Gasteiger partial charge in [-0.1, -0.05) is 23.7 Å². The number of guanidine groups is 1. The summed E-state index contributed by atoms with van der Waals surface area (Å²) in [7, 11) is 1.64. The van der Waals surface area contributed by atoms with Crippen LogP contribution in [0.25, 0.3) is 0 Å². The Labute approximate surface area is 125 Å². The fourth-order valence-corrected chi connectivity index (χ4v) is 2.30. The molecule has 20 heavy (non-hydrogen) atoms. The number of halogens is 1. The largest absolute Gasteiger partial charge is 0.343 e. The van der Waals surface area contributed by atoms with Crippen LogP contribution in [0.15, 0.2) is 18.2 Å². The molecule has 0 unspecified atom stereocenters. The van der Waals surface area contributed by atoms with Crippen molar-refractivity contribution in [2.24, 2.45) is 0 Å². The van der Waals surface area contributed by atoms with Gasteiger partial charge in [0.15, 0.2) is 5.96 Å². The van der Waals surface area contributed by atoms with E-state index in [2.05, 4.69) is 5.32 Å². The fraction of sp³-hybridized carbons (Fsp3) is 0.429. The van der Waals surface area contributed by atoms with Crippen molar-refractivity contribution in [3.05, 3.63) is 28.8 Å². The van der Waals surface area contributed by atoms with Crippen molar-refractivity contribution >= 4 is 29.3 Å². The van der Waals surface area contributed by atoms with E-state index in [9.17, 15) is 4.79 Å². The van der Waals surface area contributed by atoms with Crippen molar-refractivity contribution < 1.29 is 4.79 Å². The number of para-hydroxylation sites is 1. The van der Waals surface area contributed by atoms with Crippen molar-refractivity contribution in [2.75, 3.05) is 25.0 Å². The average Bonchev–Trinajstić information content (AvgIpc) is 2.39. The Morgan fingerprint density at radius 1 is 1.35 bits per heavy atom. The second-order valence-corrected chi connectivity index (χ2v) is 4.82. The van der Waals surface area contributed by atoms with Gasteiger partial charge in [0.25, 0.3) is 0 Å². The zero-order valence-electron chi connectivity index (χ0n) is 12.3. The van der Waals surface area contributed by atoms with Crippen molar-refractivity contribution in [3.8, 4) is 0 Å². The second-order valence-electron chi connectivity index (χ2n) is 4.42. The zero-order chi connectivity index (χ0) is 15.3. The molecule has 2 amide bonds. The summed E-state index contributed by atoms with van der Waals surface area (Å²) in [5.74, 6) is 0.0940. The number of amides is 2. The van der Waals surface area contributed by atoms with E-state index in [1.165, 1.54) is 4.90 Å². The number of carbonyl (C=O) groups excluding carboxylic acids is 1. The standard InChI is InChI=1S/C14H21ClN4O/c1-5-19(6-2)13(16)17-14(20)18(4)12-10(3)8-7-9-11(12)15/h7-9H,5-6H2,1-4H3,(H2,16,17,20). The Hall–Kier alpha value is -1.75. The van der Waals surface area contributed by atoms with E-state index in [1.54, 1.807) is 18.0 Å². The van der Waals surface area contributed by atoms with Crippen LogP contribution < -0.4 is 10.2 Å². The van der Waals surface area contributed by atoms with Crippen LogP contribution >= 0.6 is 11.6 Å². The summed E-state index contributed by atoms with van der Waals surface area (Å²) < 4.78 is 0. The van der Waals surface area contributed by atoms with Crippen LogP contribution in [0.4, 0.5) is 10.5 Å². The van der Waals surface area contributed by atoms with Gasteiger partial charge in [-0.05, 0) is 32.4 Å². The maximum absolute atomic E-state index is 12.2. The Balaban J connectivity index is 2.85. The highest BCUT2D eigenvalue weighted by Gasteiger charge is 2.18. The third kappa shape index (κ3) is 3.63. The molecule has 2 N–H and O–H groups in total. The lowest BCUT2D eigenvalue weighted by Crippen LogP contribution is -2.48. The number of urea groups is 1. The first-order chi connectivity index (χ1) is 9.42. The number of benzene rings is 1. The van der Waals surface area contributed by atoms with Crippen LogP contribution in [0.2, 0.25) is 5.02 Å². The molecule has 1 aromatic carbocycles. The highest BCUT2D eigenvalue weighted by molar-refractivity contribution is 6.34. The highest BCUT2D eigenvalue weighted by Crippen LogP contribution is 2.28. The number of hydrogen-bond acceptors (Lipinski definition) is 2. The lowest BCUT2D eigenvalue weighted by atomic mass is 10.2. The molecule has 1 aromatic rings. The molecule has 0 radical (unpaired) electrons. The molecule has 0 aliphatic heterocycles. The smallest absolute Gasteiger partial charge is 0.328 e. The van der Waals surface area contributed by atoms with Gasteiger partial charge >= 0.3 is 6.03 Å². The van der Waals surface area contributed by atoms with Gasteiger partial charge in [0.1, 0.15) is 0 Å². The predicted molar refractivity (Wildman–Crippen MR) is 83.8 cm³/mol. The quantitative estimate of drug-likeness (QED) is 0.665. The van der Waals surface area contributed by atoms with E-state index < -0.39 is 0 Å². The molecule has 0 fully saturated rings. The Kier molecular flexibility index (Phi) is 5.82. The van der Waals surface area contributed by atoms with Crippen LogP contribution in [0, 0.1) is 12.3 Å². The number of hydrogen-bond donors (Lipinski definition) is 2. The summed E-state index contributed by atoms with van der Waals surface area (Å²) in [5.41, 5.74) is 1.56. The van der Waals surface area contributed by atoms with Crippen LogP contribution in [0.3, 0.4) is 0 Å². The minimum atomic E-state index is -0.377. The van der Waals surface area contributed by atoms with Crippen LogP contribution in [-0.2, 0) is 0 Å². The Morgan fingerprint density at radius 2 is 1.95 bits per heavy atom. The number of nitrogens with zero attached hydrogens (tertiary/aromatic N) is 2. The lowest BCUT2D eigenvalue weighted by molar-refractivity contribution is 0.250. The number of nitrogens with one attached hydrogen (secondary N) is 2. The SMILES string of the molecule is CCN(CC)C(=N)NC(=O)N(C)c1c(C)cccc1Cl.